The summed E-state index contributed by atoms with van der Waals surface area (Å²) < 4.78 is 0. The number of rotatable bonds is 7. The first-order chi connectivity index (χ1) is 17.2. The van der Waals surface area contributed by atoms with Crippen LogP contribution in [0.15, 0.2) is 83.9 Å². The minimum atomic E-state index is -0.0582. The second-order valence-electron chi connectivity index (χ2n) is 8.81. The van der Waals surface area contributed by atoms with Crippen molar-refractivity contribution in [3.63, 3.8) is 0 Å². The van der Waals surface area contributed by atoms with Gasteiger partial charge in [0.05, 0.1) is 4.91 Å². The zero-order chi connectivity index (χ0) is 24.0. The Balaban J connectivity index is 1.23. The highest BCUT2D eigenvalue weighted by Crippen LogP contribution is 2.46. The average molecular weight is 505 g/mol. The van der Waals surface area contributed by atoms with Crippen molar-refractivity contribution in [1.82, 2.24) is 14.8 Å². The summed E-state index contributed by atoms with van der Waals surface area (Å²) in [5.74, 6) is 1.15. The van der Waals surface area contributed by atoms with Gasteiger partial charge in [-0.15, -0.1) is 0 Å². The molecule has 0 aliphatic carbocycles. The van der Waals surface area contributed by atoms with Crippen LogP contribution in [0.4, 0.5) is 5.82 Å². The second-order valence-corrected chi connectivity index (χ2v) is 10.4. The summed E-state index contributed by atoms with van der Waals surface area (Å²) in [4.78, 5) is 25.5. The molecule has 2 saturated heterocycles. The number of carbonyl (C=O) groups is 1. The molecule has 1 amide bonds. The largest absolute Gasteiger partial charge is 0.354 e. The van der Waals surface area contributed by atoms with Gasteiger partial charge in [-0.05, 0) is 54.4 Å². The summed E-state index contributed by atoms with van der Waals surface area (Å²) in [6.45, 7) is 5.67. The quantitative estimate of drug-likeness (QED) is 0.394. The minimum absolute atomic E-state index is 0.0582. The second kappa shape index (κ2) is 11.3. The van der Waals surface area contributed by atoms with Crippen LogP contribution in [0.1, 0.15) is 22.9 Å². The van der Waals surface area contributed by atoms with Crippen molar-refractivity contribution >= 4 is 41.2 Å². The number of amides is 1. The first kappa shape index (κ1) is 23.9. The van der Waals surface area contributed by atoms with Gasteiger partial charge >= 0.3 is 0 Å². The summed E-state index contributed by atoms with van der Waals surface area (Å²) >= 11 is 7.91. The van der Waals surface area contributed by atoms with Crippen molar-refractivity contribution in [2.45, 2.75) is 11.8 Å². The Labute approximate surface area is 216 Å². The Morgan fingerprint density at radius 1 is 0.943 bits per heavy atom. The lowest BCUT2D eigenvalue weighted by Crippen LogP contribution is -2.47. The third-order valence-electron chi connectivity index (χ3n) is 6.44. The molecule has 0 spiro atoms. The Kier molecular flexibility index (Phi) is 7.72. The van der Waals surface area contributed by atoms with Crippen molar-refractivity contribution in [3.05, 3.63) is 100 Å². The molecule has 5 nitrogen and oxygen atoms in total. The number of piperazine rings is 1. The van der Waals surface area contributed by atoms with E-state index in [1.807, 2.05) is 77.8 Å². The number of hydrogen-bond donors (Lipinski definition) is 0. The van der Waals surface area contributed by atoms with Gasteiger partial charge in [-0.3, -0.25) is 9.69 Å². The third kappa shape index (κ3) is 5.89. The molecule has 0 saturated carbocycles. The molecule has 3 aromatic rings. The lowest BCUT2D eigenvalue weighted by atomic mass is 10.2. The van der Waals surface area contributed by atoms with Crippen molar-refractivity contribution in [3.8, 4) is 0 Å². The lowest BCUT2D eigenvalue weighted by Gasteiger charge is -2.35. The van der Waals surface area contributed by atoms with E-state index < -0.39 is 0 Å². The van der Waals surface area contributed by atoms with Gasteiger partial charge in [0.1, 0.15) is 11.2 Å². The predicted octanol–water partition coefficient (Wildman–Crippen LogP) is 5.56. The van der Waals surface area contributed by atoms with E-state index in [0.29, 0.717) is 5.02 Å². The van der Waals surface area contributed by atoms with Gasteiger partial charge in [0.25, 0.3) is 5.91 Å². The molecule has 3 heterocycles. The number of carbonyl (C=O) groups excluding carboxylic acids is 1. The normalized spacial score (nSPS) is 20.1. The monoisotopic (exact) mass is 504 g/mol. The molecular formula is C28H29ClN4OS. The van der Waals surface area contributed by atoms with Crippen LogP contribution >= 0.6 is 23.4 Å². The van der Waals surface area contributed by atoms with E-state index in [1.54, 1.807) is 11.8 Å². The highest BCUT2D eigenvalue weighted by Gasteiger charge is 2.37. The molecule has 35 heavy (non-hydrogen) atoms. The fraction of sp³-hybridized carbons (Fsp3) is 0.286. The zero-order valence-corrected chi connectivity index (χ0v) is 21.2. The van der Waals surface area contributed by atoms with Gasteiger partial charge in [-0.25, -0.2) is 4.98 Å². The molecule has 1 unspecified atom stereocenters. The van der Waals surface area contributed by atoms with Gasteiger partial charge in [0.15, 0.2) is 0 Å². The van der Waals surface area contributed by atoms with E-state index in [4.69, 9.17) is 11.6 Å². The maximum Gasteiger partial charge on any atom is 0.261 e. The van der Waals surface area contributed by atoms with E-state index in [1.165, 1.54) is 0 Å². The predicted molar refractivity (Wildman–Crippen MR) is 145 cm³/mol. The highest BCUT2D eigenvalue weighted by molar-refractivity contribution is 8.04. The average Bonchev–Trinajstić information content (AvgIpc) is 3.20. The summed E-state index contributed by atoms with van der Waals surface area (Å²) in [6, 6.07) is 24.0. The first-order valence-electron chi connectivity index (χ1n) is 12.1. The highest BCUT2D eigenvalue weighted by atomic mass is 35.5. The topological polar surface area (TPSA) is 39.7 Å². The molecule has 7 heteroatoms. The van der Waals surface area contributed by atoms with Crippen LogP contribution in [0.3, 0.4) is 0 Å². The third-order valence-corrected chi connectivity index (χ3v) is 7.97. The van der Waals surface area contributed by atoms with E-state index in [-0.39, 0.29) is 11.3 Å². The molecule has 2 fully saturated rings. The van der Waals surface area contributed by atoms with Gasteiger partial charge in [-0.2, -0.15) is 0 Å². The number of pyridine rings is 1. The summed E-state index contributed by atoms with van der Waals surface area (Å²) in [6.07, 6.45) is 4.79. The Morgan fingerprint density at radius 3 is 2.49 bits per heavy atom. The van der Waals surface area contributed by atoms with Crippen LogP contribution in [0, 0.1) is 0 Å². The summed E-state index contributed by atoms with van der Waals surface area (Å²) in [7, 11) is 0. The van der Waals surface area contributed by atoms with Crippen LogP contribution in [-0.4, -0.2) is 60.0 Å². The molecular weight excluding hydrogens is 476 g/mol. The number of nitrogens with zero attached hydrogens (tertiary/aromatic N) is 4. The number of anilines is 1. The molecule has 2 aromatic carbocycles. The molecule has 2 aliphatic heterocycles. The fourth-order valence-corrected chi connectivity index (χ4v) is 6.08. The summed E-state index contributed by atoms with van der Waals surface area (Å²) in [5, 5.41) is 0.638. The van der Waals surface area contributed by atoms with E-state index in [2.05, 4.69) is 26.9 Å². The molecule has 5 rings (SSSR count). The Bertz CT molecular complexity index is 1170. The van der Waals surface area contributed by atoms with E-state index in [0.717, 1.165) is 67.5 Å². The molecule has 180 valence electrons. The van der Waals surface area contributed by atoms with Gasteiger partial charge in [0.2, 0.25) is 0 Å². The Hall–Kier alpha value is -2.80. The van der Waals surface area contributed by atoms with E-state index in [9.17, 15) is 4.79 Å². The van der Waals surface area contributed by atoms with Gasteiger partial charge in [0, 0.05) is 43.9 Å². The van der Waals surface area contributed by atoms with Crippen molar-refractivity contribution < 1.29 is 4.79 Å². The molecule has 2 aliphatic rings. The molecule has 1 atom stereocenters. The smallest absolute Gasteiger partial charge is 0.261 e. The van der Waals surface area contributed by atoms with Gasteiger partial charge in [-0.1, -0.05) is 71.9 Å². The number of aromatic nitrogens is 1. The molecule has 1 aromatic heterocycles. The van der Waals surface area contributed by atoms with Crippen molar-refractivity contribution in [1.29, 1.82) is 0 Å². The standard InChI is InChI=1S/C28H29ClN4OS/c29-24-11-6-10-23(21-24)28-33(27(34)25(35-28)20-22-8-2-1-3-9-22)15-7-14-31-16-18-32(19-17-31)26-12-4-5-13-30-26/h1-6,8-13,20-21,28H,7,14-19H2. The van der Waals surface area contributed by atoms with Crippen LogP contribution in [0.25, 0.3) is 6.08 Å². The zero-order valence-electron chi connectivity index (χ0n) is 19.6. The molecule has 0 bridgehead atoms. The lowest BCUT2D eigenvalue weighted by molar-refractivity contribution is -0.126. The van der Waals surface area contributed by atoms with Crippen molar-refractivity contribution in [2.75, 3.05) is 44.2 Å². The summed E-state index contributed by atoms with van der Waals surface area (Å²) in [5.41, 5.74) is 2.11. The fourth-order valence-electron chi connectivity index (χ4n) is 4.61. The van der Waals surface area contributed by atoms with Crippen molar-refractivity contribution in [2.24, 2.45) is 0 Å². The SMILES string of the molecule is O=C1C(=Cc2ccccc2)SC(c2cccc(Cl)c2)N1CCCN1CCN(c2ccccn2)CC1. The van der Waals surface area contributed by atoms with Crippen LogP contribution < -0.4 is 4.90 Å². The number of benzene rings is 2. The molecule has 0 radical (unpaired) electrons. The Morgan fingerprint density at radius 2 is 1.74 bits per heavy atom. The number of halogens is 1. The van der Waals surface area contributed by atoms with E-state index >= 15 is 0 Å². The number of thioether (sulfide) groups is 1. The van der Waals surface area contributed by atoms with Crippen LogP contribution in [-0.2, 0) is 4.79 Å². The maximum absolute atomic E-state index is 13.4. The molecule has 0 N–H and O–H groups in total. The van der Waals surface area contributed by atoms with Gasteiger partial charge < -0.3 is 9.80 Å². The number of hydrogen-bond acceptors (Lipinski definition) is 5. The van der Waals surface area contributed by atoms with Crippen LogP contribution in [0.5, 0.6) is 0 Å². The maximum atomic E-state index is 13.4. The minimum Gasteiger partial charge on any atom is -0.354 e. The first-order valence-corrected chi connectivity index (χ1v) is 13.3. The van der Waals surface area contributed by atoms with Crippen LogP contribution in [0.2, 0.25) is 5.02 Å².